The number of ether oxygens (including phenoxy) is 1. The molecule has 106 valence electrons. The lowest BCUT2D eigenvalue weighted by molar-refractivity contribution is 0.417. The lowest BCUT2D eigenvalue weighted by Crippen LogP contribution is -2.13. The van der Waals surface area contributed by atoms with E-state index in [-0.39, 0.29) is 16.9 Å². The third-order valence-electron chi connectivity index (χ3n) is 2.76. The van der Waals surface area contributed by atoms with Crippen LogP contribution in [0.4, 0.5) is 11.6 Å². The van der Waals surface area contributed by atoms with E-state index in [9.17, 15) is 4.79 Å². The number of hydrogen-bond donors (Lipinski definition) is 3. The van der Waals surface area contributed by atoms with Crippen LogP contribution < -0.4 is 15.6 Å². The molecule has 1 aromatic carbocycles. The number of anilines is 2. The van der Waals surface area contributed by atoms with Crippen molar-refractivity contribution in [2.45, 2.75) is 0 Å². The molecule has 3 aromatic rings. The maximum Gasteiger partial charge on any atom is 0.263 e. The minimum Gasteiger partial charge on any atom is -0.495 e. The summed E-state index contributed by atoms with van der Waals surface area (Å²) in [5, 5.41) is 16.0. The van der Waals surface area contributed by atoms with E-state index in [1.165, 1.54) is 6.20 Å². The molecule has 3 N–H and O–H groups in total. The van der Waals surface area contributed by atoms with Crippen molar-refractivity contribution in [2.75, 3.05) is 12.4 Å². The highest BCUT2D eigenvalue weighted by Gasteiger charge is 2.09. The number of tetrazole rings is 1. The van der Waals surface area contributed by atoms with Crippen LogP contribution in [-0.2, 0) is 0 Å². The zero-order chi connectivity index (χ0) is 14.7. The van der Waals surface area contributed by atoms with Crippen molar-refractivity contribution in [1.29, 1.82) is 0 Å². The predicted molar refractivity (Wildman–Crippen MR) is 74.3 cm³/mol. The molecule has 0 amide bonds. The standard InChI is InChI=1S/C12H11N7O2/c1-21-9-5-3-2-4-8(9)14-12-13-6-7(11(20)15-12)10-16-18-19-17-10/h2-6H,1H3,(H2,13,14,15,20)(H,16,17,18,19). The molecular formula is C12H11N7O2. The second-order valence-electron chi connectivity index (χ2n) is 4.05. The molecule has 0 atom stereocenters. The van der Waals surface area contributed by atoms with Crippen LogP contribution >= 0.6 is 0 Å². The number of nitrogens with one attached hydrogen (secondary N) is 3. The molecule has 0 bridgehead atoms. The van der Waals surface area contributed by atoms with Crippen molar-refractivity contribution in [3.8, 4) is 17.1 Å². The Morgan fingerprint density at radius 2 is 2.14 bits per heavy atom. The summed E-state index contributed by atoms with van der Waals surface area (Å²) in [7, 11) is 1.57. The van der Waals surface area contributed by atoms with Gasteiger partial charge in [-0.2, -0.15) is 0 Å². The third kappa shape index (κ3) is 2.56. The van der Waals surface area contributed by atoms with Gasteiger partial charge < -0.3 is 10.1 Å². The number of aromatic amines is 2. The van der Waals surface area contributed by atoms with Crippen molar-refractivity contribution in [3.63, 3.8) is 0 Å². The van der Waals surface area contributed by atoms with Crippen LogP contribution in [0.1, 0.15) is 0 Å². The summed E-state index contributed by atoms with van der Waals surface area (Å²) in [5.74, 6) is 1.19. The zero-order valence-corrected chi connectivity index (χ0v) is 11.0. The van der Waals surface area contributed by atoms with E-state index in [2.05, 4.69) is 35.9 Å². The Balaban J connectivity index is 1.91. The molecule has 0 saturated heterocycles. The van der Waals surface area contributed by atoms with E-state index in [0.717, 1.165) is 0 Å². The monoisotopic (exact) mass is 285 g/mol. The molecule has 2 heterocycles. The summed E-state index contributed by atoms with van der Waals surface area (Å²) in [6.07, 6.45) is 1.39. The highest BCUT2D eigenvalue weighted by molar-refractivity contribution is 5.63. The lowest BCUT2D eigenvalue weighted by Gasteiger charge is -2.09. The molecule has 0 aliphatic rings. The second kappa shape index (κ2) is 5.41. The van der Waals surface area contributed by atoms with Crippen LogP contribution in [0.15, 0.2) is 35.3 Å². The number of benzene rings is 1. The average Bonchev–Trinajstić information content (AvgIpc) is 3.02. The smallest absolute Gasteiger partial charge is 0.263 e. The third-order valence-corrected chi connectivity index (χ3v) is 2.76. The Hall–Kier alpha value is -3.23. The second-order valence-corrected chi connectivity index (χ2v) is 4.05. The van der Waals surface area contributed by atoms with Gasteiger partial charge in [0.15, 0.2) is 5.82 Å². The molecule has 0 radical (unpaired) electrons. The molecule has 9 heteroatoms. The van der Waals surface area contributed by atoms with Crippen LogP contribution in [0.5, 0.6) is 5.75 Å². The molecule has 2 aromatic heterocycles. The van der Waals surface area contributed by atoms with Gasteiger partial charge in [0.25, 0.3) is 5.56 Å². The molecule has 3 rings (SSSR count). The van der Waals surface area contributed by atoms with E-state index < -0.39 is 0 Å². The van der Waals surface area contributed by atoms with Crippen molar-refractivity contribution in [1.82, 2.24) is 30.6 Å². The first-order valence-corrected chi connectivity index (χ1v) is 6.01. The number of rotatable bonds is 4. The van der Waals surface area contributed by atoms with Crippen LogP contribution in [0, 0.1) is 0 Å². The van der Waals surface area contributed by atoms with Crippen molar-refractivity contribution in [2.24, 2.45) is 0 Å². The summed E-state index contributed by atoms with van der Waals surface area (Å²) in [5.41, 5.74) is 0.587. The minimum absolute atomic E-state index is 0.255. The first kappa shape index (κ1) is 12.8. The van der Waals surface area contributed by atoms with Gasteiger partial charge in [0, 0.05) is 6.20 Å². The van der Waals surface area contributed by atoms with Gasteiger partial charge in [0.05, 0.1) is 12.8 Å². The molecule has 0 spiro atoms. The zero-order valence-electron chi connectivity index (χ0n) is 11.0. The van der Waals surface area contributed by atoms with E-state index in [0.29, 0.717) is 17.4 Å². The van der Waals surface area contributed by atoms with Gasteiger partial charge in [-0.25, -0.2) is 10.1 Å². The van der Waals surface area contributed by atoms with Crippen LogP contribution in [0.3, 0.4) is 0 Å². The maximum atomic E-state index is 12.0. The maximum absolute atomic E-state index is 12.0. The van der Waals surface area contributed by atoms with Crippen LogP contribution in [-0.4, -0.2) is 37.7 Å². The summed E-state index contributed by atoms with van der Waals surface area (Å²) >= 11 is 0. The number of aromatic nitrogens is 6. The fraction of sp³-hybridized carbons (Fsp3) is 0.0833. The molecule has 0 aliphatic carbocycles. The number of hydrogen-bond acceptors (Lipinski definition) is 7. The summed E-state index contributed by atoms with van der Waals surface area (Å²) < 4.78 is 5.22. The van der Waals surface area contributed by atoms with Crippen molar-refractivity contribution >= 4 is 11.6 Å². The Morgan fingerprint density at radius 3 is 2.86 bits per heavy atom. The number of methoxy groups -OCH3 is 1. The van der Waals surface area contributed by atoms with Gasteiger partial charge in [-0.05, 0) is 22.6 Å². The Morgan fingerprint density at radius 1 is 1.29 bits per heavy atom. The largest absolute Gasteiger partial charge is 0.495 e. The van der Waals surface area contributed by atoms with Gasteiger partial charge in [-0.1, -0.05) is 12.1 Å². The van der Waals surface area contributed by atoms with Gasteiger partial charge in [-0.15, -0.1) is 5.10 Å². The highest BCUT2D eigenvalue weighted by Crippen LogP contribution is 2.25. The lowest BCUT2D eigenvalue weighted by atomic mass is 10.3. The Labute approximate surface area is 118 Å². The van der Waals surface area contributed by atoms with Crippen LogP contribution in [0.2, 0.25) is 0 Å². The number of H-pyrrole nitrogens is 2. The van der Waals surface area contributed by atoms with Gasteiger partial charge >= 0.3 is 0 Å². The van der Waals surface area contributed by atoms with E-state index in [1.807, 2.05) is 18.2 Å². The van der Waals surface area contributed by atoms with Crippen molar-refractivity contribution < 1.29 is 4.74 Å². The first-order chi connectivity index (χ1) is 10.3. The summed E-state index contributed by atoms with van der Waals surface area (Å²) in [6.45, 7) is 0. The first-order valence-electron chi connectivity index (χ1n) is 6.01. The molecule has 9 nitrogen and oxygen atoms in total. The average molecular weight is 285 g/mol. The summed E-state index contributed by atoms with van der Waals surface area (Å²) in [4.78, 5) is 18.7. The van der Waals surface area contributed by atoms with E-state index in [4.69, 9.17) is 4.74 Å². The summed E-state index contributed by atoms with van der Waals surface area (Å²) in [6, 6.07) is 7.31. The molecule has 0 saturated carbocycles. The quantitative estimate of drug-likeness (QED) is 0.645. The van der Waals surface area contributed by atoms with Crippen LogP contribution in [0.25, 0.3) is 11.4 Å². The van der Waals surface area contributed by atoms with Gasteiger partial charge in [-0.3, -0.25) is 9.78 Å². The molecule has 0 aliphatic heterocycles. The topological polar surface area (TPSA) is 121 Å². The predicted octanol–water partition coefficient (Wildman–Crippen LogP) is 0.702. The fourth-order valence-electron chi connectivity index (χ4n) is 1.78. The minimum atomic E-state index is -0.360. The van der Waals surface area contributed by atoms with Gasteiger partial charge in [0.2, 0.25) is 5.95 Å². The van der Waals surface area contributed by atoms with E-state index >= 15 is 0 Å². The number of para-hydroxylation sites is 2. The van der Waals surface area contributed by atoms with Gasteiger partial charge in [0.1, 0.15) is 11.3 Å². The molecule has 21 heavy (non-hydrogen) atoms. The Kier molecular flexibility index (Phi) is 3.29. The Bertz CT molecular complexity index is 797. The molecule has 0 unspecified atom stereocenters. The SMILES string of the molecule is COc1ccccc1Nc1ncc(-c2nnn[nH]2)c(=O)[nH]1. The molecule has 0 fully saturated rings. The van der Waals surface area contributed by atoms with Crippen molar-refractivity contribution in [3.05, 3.63) is 40.8 Å². The highest BCUT2D eigenvalue weighted by atomic mass is 16.5. The normalized spacial score (nSPS) is 10.3. The fourth-order valence-corrected chi connectivity index (χ4v) is 1.78. The molecular weight excluding hydrogens is 274 g/mol. The number of nitrogens with zero attached hydrogens (tertiary/aromatic N) is 4. The van der Waals surface area contributed by atoms with E-state index in [1.54, 1.807) is 13.2 Å².